The van der Waals surface area contributed by atoms with Gasteiger partial charge in [0.25, 0.3) is 5.56 Å². The van der Waals surface area contributed by atoms with E-state index in [-0.39, 0.29) is 23.6 Å². The van der Waals surface area contributed by atoms with Crippen molar-refractivity contribution in [2.45, 2.75) is 13.5 Å². The Labute approximate surface area is 273 Å². The third-order valence-corrected chi connectivity index (χ3v) is 7.99. The minimum absolute atomic E-state index is 0.208. The number of aromatic nitrogens is 2. The highest BCUT2D eigenvalue weighted by atomic mass is 127. The summed E-state index contributed by atoms with van der Waals surface area (Å²) in [6, 6.07) is 24.8. The molecule has 4 aromatic carbocycles. The van der Waals surface area contributed by atoms with E-state index in [2.05, 4.69) is 43.6 Å². The highest BCUT2D eigenvalue weighted by molar-refractivity contribution is 14.1. The first-order valence-electron chi connectivity index (χ1n) is 13.5. The van der Waals surface area contributed by atoms with Gasteiger partial charge in [-0.25, -0.2) is 9.78 Å². The number of carbonyl (C=O) groups is 1. The zero-order chi connectivity index (χ0) is 30.8. The number of furan rings is 1. The van der Waals surface area contributed by atoms with E-state index in [0.29, 0.717) is 45.9 Å². The number of fused-ring (bicyclic) bond motifs is 2. The number of para-hydroxylation sites is 1. The van der Waals surface area contributed by atoms with Crippen LogP contribution in [0, 0.1) is 3.57 Å². The maximum absolute atomic E-state index is 13.7. The third kappa shape index (κ3) is 6.10. The molecule has 0 aliphatic carbocycles. The molecule has 0 aliphatic rings. The molecule has 0 amide bonds. The molecular formula is C33H23BrIN3O6. The van der Waals surface area contributed by atoms with Gasteiger partial charge in [0.15, 0.2) is 17.3 Å². The SMILES string of the molecule is CCOc1cc(C=Nn2c(-c3cc4cc(Br)ccc4o3)nc3ccccc3c2=O)cc(I)c1OCc1ccc(C(=O)O)cc1. The molecule has 1 N–H and O–H groups in total. The highest BCUT2D eigenvalue weighted by Gasteiger charge is 2.17. The average molecular weight is 764 g/mol. The molecular weight excluding hydrogens is 741 g/mol. The number of benzene rings is 4. The van der Waals surface area contributed by atoms with Gasteiger partial charge in [0, 0.05) is 9.86 Å². The molecule has 0 spiro atoms. The topological polar surface area (TPSA) is 116 Å². The molecule has 0 atom stereocenters. The van der Waals surface area contributed by atoms with Crippen molar-refractivity contribution in [2.24, 2.45) is 5.10 Å². The first-order valence-corrected chi connectivity index (χ1v) is 15.3. The maximum Gasteiger partial charge on any atom is 0.335 e. The normalized spacial score (nSPS) is 11.4. The van der Waals surface area contributed by atoms with Gasteiger partial charge in [0.1, 0.15) is 12.2 Å². The number of hydrogen-bond donors (Lipinski definition) is 1. The van der Waals surface area contributed by atoms with Crippen LogP contribution in [-0.4, -0.2) is 33.6 Å². The van der Waals surface area contributed by atoms with Crippen molar-refractivity contribution in [2.75, 3.05) is 6.61 Å². The Hall–Kier alpha value is -4.49. The number of nitrogens with zero attached hydrogens (tertiary/aromatic N) is 3. The summed E-state index contributed by atoms with van der Waals surface area (Å²) in [6.07, 6.45) is 1.57. The Balaban J connectivity index is 1.37. The second-order valence-electron chi connectivity index (χ2n) is 9.66. The lowest BCUT2D eigenvalue weighted by Crippen LogP contribution is -2.20. The van der Waals surface area contributed by atoms with Gasteiger partial charge in [-0.05, 0) is 101 Å². The van der Waals surface area contributed by atoms with Crippen LogP contribution >= 0.6 is 38.5 Å². The summed E-state index contributed by atoms with van der Waals surface area (Å²) >= 11 is 5.65. The van der Waals surface area contributed by atoms with Crippen molar-refractivity contribution in [3.05, 3.63) is 120 Å². The van der Waals surface area contributed by atoms with Gasteiger partial charge < -0.3 is 19.0 Å². The van der Waals surface area contributed by atoms with Crippen molar-refractivity contribution in [1.29, 1.82) is 0 Å². The fraction of sp³-hybridized carbons (Fsp3) is 0.0909. The van der Waals surface area contributed by atoms with E-state index in [9.17, 15) is 9.59 Å². The zero-order valence-electron chi connectivity index (χ0n) is 23.2. The van der Waals surface area contributed by atoms with Crippen LogP contribution in [0.3, 0.4) is 0 Å². The molecule has 9 nitrogen and oxygen atoms in total. The molecule has 0 saturated heterocycles. The molecule has 0 radical (unpaired) electrons. The predicted molar refractivity (Wildman–Crippen MR) is 180 cm³/mol. The number of rotatable bonds is 9. The minimum Gasteiger partial charge on any atom is -0.490 e. The van der Waals surface area contributed by atoms with Gasteiger partial charge in [-0.3, -0.25) is 4.79 Å². The summed E-state index contributed by atoms with van der Waals surface area (Å²) in [7, 11) is 0. The second kappa shape index (κ2) is 12.6. The third-order valence-electron chi connectivity index (χ3n) is 6.69. The van der Waals surface area contributed by atoms with Crippen molar-refractivity contribution >= 4 is 72.6 Å². The number of ether oxygens (including phenoxy) is 2. The Morgan fingerprint density at radius 2 is 1.86 bits per heavy atom. The molecule has 11 heteroatoms. The minimum atomic E-state index is -0.984. The largest absolute Gasteiger partial charge is 0.490 e. The Morgan fingerprint density at radius 3 is 2.64 bits per heavy atom. The molecule has 0 unspecified atom stereocenters. The van der Waals surface area contributed by atoms with E-state index in [0.717, 1.165) is 19.0 Å². The van der Waals surface area contributed by atoms with Gasteiger partial charge in [-0.1, -0.05) is 40.2 Å². The van der Waals surface area contributed by atoms with E-state index in [1.807, 2.05) is 43.3 Å². The molecule has 220 valence electrons. The van der Waals surface area contributed by atoms with Crippen molar-refractivity contribution in [3.63, 3.8) is 0 Å². The van der Waals surface area contributed by atoms with Crippen LogP contribution in [0.25, 0.3) is 33.5 Å². The van der Waals surface area contributed by atoms with Crippen LogP contribution < -0.4 is 15.0 Å². The van der Waals surface area contributed by atoms with E-state index >= 15 is 0 Å². The number of halogens is 2. The van der Waals surface area contributed by atoms with Crippen molar-refractivity contribution in [3.8, 4) is 23.1 Å². The summed E-state index contributed by atoms with van der Waals surface area (Å²) < 4.78 is 21.0. The van der Waals surface area contributed by atoms with Crippen LogP contribution in [0.2, 0.25) is 0 Å². The van der Waals surface area contributed by atoms with E-state index < -0.39 is 5.97 Å². The first-order chi connectivity index (χ1) is 21.3. The van der Waals surface area contributed by atoms with Crippen LogP contribution in [-0.2, 0) is 6.61 Å². The molecule has 6 rings (SSSR count). The van der Waals surface area contributed by atoms with Gasteiger partial charge in [-0.2, -0.15) is 9.78 Å². The lowest BCUT2D eigenvalue weighted by Gasteiger charge is -2.15. The molecule has 44 heavy (non-hydrogen) atoms. The van der Waals surface area contributed by atoms with Gasteiger partial charge >= 0.3 is 5.97 Å². The summed E-state index contributed by atoms with van der Waals surface area (Å²) in [4.78, 5) is 29.6. The van der Waals surface area contributed by atoms with Crippen molar-refractivity contribution < 1.29 is 23.8 Å². The highest BCUT2D eigenvalue weighted by Crippen LogP contribution is 2.35. The summed E-state index contributed by atoms with van der Waals surface area (Å²) in [6.45, 7) is 2.50. The molecule has 0 saturated carbocycles. The van der Waals surface area contributed by atoms with Crippen LogP contribution in [0.15, 0.2) is 104 Å². The van der Waals surface area contributed by atoms with Gasteiger partial charge in [0.2, 0.25) is 5.82 Å². The lowest BCUT2D eigenvalue weighted by molar-refractivity contribution is 0.0697. The summed E-state index contributed by atoms with van der Waals surface area (Å²) in [5.41, 5.74) is 2.55. The van der Waals surface area contributed by atoms with Crippen molar-refractivity contribution in [1.82, 2.24) is 9.66 Å². The molecule has 2 heterocycles. The Bertz CT molecular complexity index is 2120. The average Bonchev–Trinajstić information content (AvgIpc) is 3.43. The first kappa shape index (κ1) is 29.6. The second-order valence-corrected chi connectivity index (χ2v) is 11.7. The van der Waals surface area contributed by atoms with Crippen LogP contribution in [0.5, 0.6) is 11.5 Å². The monoisotopic (exact) mass is 763 g/mol. The maximum atomic E-state index is 13.7. The molecule has 0 aliphatic heterocycles. The number of hydrogen-bond acceptors (Lipinski definition) is 7. The summed E-state index contributed by atoms with van der Waals surface area (Å²) in [5.74, 6) is 0.747. The van der Waals surface area contributed by atoms with E-state index in [4.69, 9.17) is 24.0 Å². The van der Waals surface area contributed by atoms with E-state index in [1.165, 1.54) is 16.8 Å². The Morgan fingerprint density at radius 1 is 1.07 bits per heavy atom. The quantitative estimate of drug-likeness (QED) is 0.118. The predicted octanol–water partition coefficient (Wildman–Crippen LogP) is 7.73. The number of carboxylic acid groups (broad SMARTS) is 1. The van der Waals surface area contributed by atoms with Gasteiger partial charge in [0.05, 0.1) is 32.9 Å². The zero-order valence-corrected chi connectivity index (χ0v) is 26.9. The Kier molecular flexibility index (Phi) is 8.49. The lowest BCUT2D eigenvalue weighted by atomic mass is 10.1. The fourth-order valence-electron chi connectivity index (χ4n) is 4.60. The molecule has 6 aromatic rings. The van der Waals surface area contributed by atoms with Crippen LogP contribution in [0.4, 0.5) is 0 Å². The number of aromatic carboxylic acids is 1. The fourth-order valence-corrected chi connectivity index (χ4v) is 5.76. The van der Waals surface area contributed by atoms with E-state index in [1.54, 1.807) is 42.6 Å². The van der Waals surface area contributed by atoms with Gasteiger partial charge in [-0.15, -0.1) is 0 Å². The molecule has 0 bridgehead atoms. The van der Waals surface area contributed by atoms with Crippen LogP contribution in [0.1, 0.15) is 28.4 Å². The molecule has 2 aromatic heterocycles. The number of carboxylic acids is 1. The smallest absolute Gasteiger partial charge is 0.335 e. The summed E-state index contributed by atoms with van der Waals surface area (Å²) in [5, 5.41) is 15.0. The molecule has 0 fully saturated rings. The standard InChI is InChI=1S/C33H23BrIN3O6/c1-2-42-28-14-20(13-25(35)30(28)43-18-19-7-9-21(10-8-19)33(40)41)17-36-38-31(37-26-6-4-3-5-24(26)32(38)39)29-16-22-15-23(34)11-12-27(22)44-29/h3-17H,2,18H2,1H3,(H,40,41).